The van der Waals surface area contributed by atoms with Crippen molar-refractivity contribution in [2.75, 3.05) is 0 Å². The van der Waals surface area contributed by atoms with E-state index in [0.29, 0.717) is 12.8 Å². The lowest BCUT2D eigenvalue weighted by molar-refractivity contribution is 0.0248. The smallest absolute Gasteiger partial charge is 0.0616 e. The van der Waals surface area contributed by atoms with Gasteiger partial charge in [0, 0.05) is 6.42 Å². The summed E-state index contributed by atoms with van der Waals surface area (Å²) in [5.41, 5.74) is -0.728. The lowest BCUT2D eigenvalue weighted by Gasteiger charge is -2.17. The zero-order chi connectivity index (χ0) is 12.6. The Bertz CT molecular complexity index is 130. The molecule has 4 nitrogen and oxygen atoms in total. The molecular weight excluding hydrogens is 196 g/mol. The molecule has 94 valence electrons. The van der Waals surface area contributed by atoms with Gasteiger partial charge in [0.2, 0.25) is 0 Å². The van der Waals surface area contributed by atoms with Gasteiger partial charge in [0.25, 0.3) is 0 Å². The number of aliphatic hydroxyl groups excluding tert-OH is 3. The van der Waals surface area contributed by atoms with Crippen molar-refractivity contribution < 1.29 is 20.4 Å². The minimum Gasteiger partial charge on any atom is -0.393 e. The Hall–Kier alpha value is -0.160. The summed E-state index contributed by atoms with van der Waals surface area (Å²) in [4.78, 5) is 0. The molecule has 0 saturated carbocycles. The van der Waals surface area contributed by atoms with E-state index in [1.54, 1.807) is 34.6 Å². The second kappa shape index (κ2) is 8.05. The van der Waals surface area contributed by atoms with Crippen molar-refractivity contribution in [3.05, 3.63) is 0 Å². The lowest BCUT2D eigenvalue weighted by Crippen LogP contribution is -2.24. The molecular formula is C11H26O4. The van der Waals surface area contributed by atoms with Crippen molar-refractivity contribution in [3.8, 4) is 0 Å². The molecule has 0 bridgehead atoms. The monoisotopic (exact) mass is 222 g/mol. The summed E-state index contributed by atoms with van der Waals surface area (Å²) in [6.45, 7) is 8.34. The Morgan fingerprint density at radius 1 is 0.867 bits per heavy atom. The van der Waals surface area contributed by atoms with Gasteiger partial charge in [-0.1, -0.05) is 0 Å². The zero-order valence-electron chi connectivity index (χ0n) is 10.4. The molecule has 4 N–H and O–H groups in total. The minimum atomic E-state index is -0.728. The van der Waals surface area contributed by atoms with Gasteiger partial charge in [0.15, 0.2) is 0 Å². The molecule has 4 heteroatoms. The summed E-state index contributed by atoms with van der Waals surface area (Å²) in [6, 6.07) is 0. The summed E-state index contributed by atoms with van der Waals surface area (Å²) < 4.78 is 0. The van der Waals surface area contributed by atoms with E-state index in [0.717, 1.165) is 0 Å². The molecule has 0 aliphatic heterocycles. The van der Waals surface area contributed by atoms with Gasteiger partial charge < -0.3 is 20.4 Å². The molecule has 0 rings (SSSR count). The first-order chi connectivity index (χ1) is 6.54. The number of hydrogen-bond acceptors (Lipinski definition) is 4. The average molecular weight is 222 g/mol. The van der Waals surface area contributed by atoms with Crippen LogP contribution in [0.1, 0.15) is 47.5 Å². The fraction of sp³-hybridized carbons (Fsp3) is 1.00. The molecule has 0 heterocycles. The molecule has 15 heavy (non-hydrogen) atoms. The predicted molar refractivity (Wildman–Crippen MR) is 60.6 cm³/mol. The molecule has 0 radical (unpaired) electrons. The van der Waals surface area contributed by atoms with Crippen LogP contribution in [-0.4, -0.2) is 44.3 Å². The summed E-state index contributed by atoms with van der Waals surface area (Å²) in [6.07, 6.45) is -0.248. The van der Waals surface area contributed by atoms with Crippen LogP contribution in [0.3, 0.4) is 0 Å². The highest BCUT2D eigenvalue weighted by molar-refractivity contribution is 4.67. The topological polar surface area (TPSA) is 80.9 Å². The van der Waals surface area contributed by atoms with E-state index in [1.807, 2.05) is 0 Å². The first kappa shape index (κ1) is 17.2. The highest BCUT2D eigenvalue weighted by Gasteiger charge is 2.14. The average Bonchev–Trinajstić information content (AvgIpc) is 1.76. The molecule has 0 aliphatic carbocycles. The molecule has 0 fully saturated rings. The maximum atomic E-state index is 9.03. The van der Waals surface area contributed by atoms with Gasteiger partial charge in [-0.05, 0) is 41.0 Å². The van der Waals surface area contributed by atoms with Gasteiger partial charge in [-0.2, -0.15) is 0 Å². The van der Waals surface area contributed by atoms with Gasteiger partial charge in [-0.15, -0.1) is 0 Å². The molecule has 3 atom stereocenters. The zero-order valence-corrected chi connectivity index (χ0v) is 10.4. The van der Waals surface area contributed by atoms with E-state index in [-0.39, 0.29) is 12.2 Å². The Kier molecular flexibility index (Phi) is 9.25. The quantitative estimate of drug-likeness (QED) is 0.563. The lowest BCUT2D eigenvalue weighted by atomic mass is 10.0. The fourth-order valence-corrected chi connectivity index (χ4v) is 1.22. The van der Waals surface area contributed by atoms with E-state index >= 15 is 0 Å². The normalized spacial score (nSPS) is 17.4. The third kappa shape index (κ3) is 24.8. The highest BCUT2D eigenvalue weighted by atomic mass is 16.3. The summed E-state index contributed by atoms with van der Waals surface area (Å²) >= 11 is 0. The van der Waals surface area contributed by atoms with Crippen molar-refractivity contribution in [1.29, 1.82) is 0 Å². The highest BCUT2D eigenvalue weighted by Crippen LogP contribution is 2.09. The summed E-state index contributed by atoms with van der Waals surface area (Å²) in [7, 11) is 0. The molecule has 0 aromatic rings. The summed E-state index contributed by atoms with van der Waals surface area (Å²) in [5.74, 6) is 0. The standard InChI is InChI=1S/C6H14O2.C5H12O2/c1-5(7)4-6(2,3)8;1-4(6)3-5(2)7/h5,7-8H,4H2,1-3H3;4-7H,3H2,1-2H3. The molecule has 3 unspecified atom stereocenters. The molecule has 0 saturated heterocycles. The largest absolute Gasteiger partial charge is 0.393 e. The Morgan fingerprint density at radius 3 is 1.20 bits per heavy atom. The minimum absolute atomic E-state index is 0.375. The van der Waals surface area contributed by atoms with Crippen LogP contribution in [-0.2, 0) is 0 Å². The van der Waals surface area contributed by atoms with Gasteiger partial charge in [-0.25, -0.2) is 0 Å². The van der Waals surface area contributed by atoms with Crippen LogP contribution in [0.15, 0.2) is 0 Å². The fourth-order valence-electron chi connectivity index (χ4n) is 1.22. The first-order valence-corrected chi connectivity index (χ1v) is 5.31. The summed E-state index contributed by atoms with van der Waals surface area (Å²) in [5, 5.41) is 34.9. The van der Waals surface area contributed by atoms with Crippen LogP contribution >= 0.6 is 0 Å². The third-order valence-electron chi connectivity index (χ3n) is 1.48. The van der Waals surface area contributed by atoms with Crippen molar-refractivity contribution in [3.63, 3.8) is 0 Å². The van der Waals surface area contributed by atoms with Crippen LogP contribution in [0.4, 0.5) is 0 Å². The first-order valence-electron chi connectivity index (χ1n) is 5.31. The van der Waals surface area contributed by atoms with Crippen molar-refractivity contribution in [2.45, 2.75) is 71.4 Å². The maximum Gasteiger partial charge on any atom is 0.0616 e. The SMILES string of the molecule is CC(O)CC(C)(C)O.CC(O)CC(C)O. The van der Waals surface area contributed by atoms with Gasteiger partial charge in [-0.3, -0.25) is 0 Å². The van der Waals surface area contributed by atoms with Crippen LogP contribution in [0, 0.1) is 0 Å². The van der Waals surface area contributed by atoms with E-state index in [2.05, 4.69) is 0 Å². The predicted octanol–water partition coefficient (Wildman–Crippen LogP) is 0.666. The van der Waals surface area contributed by atoms with E-state index in [9.17, 15) is 0 Å². The number of aliphatic hydroxyl groups is 4. The number of rotatable bonds is 4. The molecule has 0 aliphatic rings. The number of hydrogen-bond donors (Lipinski definition) is 4. The second-order valence-corrected chi connectivity index (χ2v) is 4.80. The Balaban J connectivity index is 0. The Morgan fingerprint density at radius 2 is 1.20 bits per heavy atom. The van der Waals surface area contributed by atoms with Crippen molar-refractivity contribution in [1.82, 2.24) is 0 Å². The van der Waals surface area contributed by atoms with Crippen LogP contribution < -0.4 is 0 Å². The van der Waals surface area contributed by atoms with Crippen LogP contribution in [0.25, 0.3) is 0 Å². The third-order valence-corrected chi connectivity index (χ3v) is 1.48. The van der Waals surface area contributed by atoms with E-state index in [1.165, 1.54) is 0 Å². The molecule has 0 aromatic heterocycles. The Labute approximate surface area is 92.6 Å². The van der Waals surface area contributed by atoms with Crippen molar-refractivity contribution >= 4 is 0 Å². The van der Waals surface area contributed by atoms with E-state index < -0.39 is 11.7 Å². The molecule has 0 amide bonds. The van der Waals surface area contributed by atoms with Crippen molar-refractivity contribution in [2.24, 2.45) is 0 Å². The maximum absolute atomic E-state index is 9.03. The van der Waals surface area contributed by atoms with Crippen LogP contribution in [0.2, 0.25) is 0 Å². The second-order valence-electron chi connectivity index (χ2n) is 4.80. The van der Waals surface area contributed by atoms with Crippen LogP contribution in [0.5, 0.6) is 0 Å². The van der Waals surface area contributed by atoms with E-state index in [4.69, 9.17) is 20.4 Å². The van der Waals surface area contributed by atoms with Gasteiger partial charge >= 0.3 is 0 Å². The van der Waals surface area contributed by atoms with Gasteiger partial charge in [0.05, 0.1) is 23.9 Å². The molecule has 0 aromatic carbocycles. The molecule has 0 spiro atoms. The van der Waals surface area contributed by atoms with Gasteiger partial charge in [0.1, 0.15) is 0 Å².